The molecular formula is C15H20N2O5. The highest BCUT2D eigenvalue weighted by atomic mass is 16.6. The molecule has 7 heteroatoms. The maximum Gasteiger partial charge on any atom is 0.312 e. The summed E-state index contributed by atoms with van der Waals surface area (Å²) in [6.45, 7) is 5.96. The molecule has 1 aromatic carbocycles. The number of nitrogens with zero attached hydrogens (tertiary/aromatic N) is 1. The molecular weight excluding hydrogens is 288 g/mol. The van der Waals surface area contributed by atoms with Crippen molar-refractivity contribution in [2.24, 2.45) is 5.41 Å². The van der Waals surface area contributed by atoms with Gasteiger partial charge in [-0.25, -0.2) is 0 Å². The lowest BCUT2D eigenvalue weighted by Gasteiger charge is -2.20. The topological polar surface area (TPSA) is 90.7 Å². The van der Waals surface area contributed by atoms with E-state index in [2.05, 4.69) is 5.32 Å². The Morgan fingerprint density at radius 2 is 1.95 bits per heavy atom. The van der Waals surface area contributed by atoms with E-state index in [4.69, 9.17) is 9.47 Å². The van der Waals surface area contributed by atoms with Gasteiger partial charge in [0.1, 0.15) is 11.9 Å². The summed E-state index contributed by atoms with van der Waals surface area (Å²) in [5.41, 5.74) is -0.521. The summed E-state index contributed by atoms with van der Waals surface area (Å²) < 4.78 is 11.1. The second-order valence-corrected chi connectivity index (χ2v) is 6.28. The molecule has 0 aromatic heterocycles. The zero-order valence-corrected chi connectivity index (χ0v) is 12.9. The lowest BCUT2D eigenvalue weighted by molar-refractivity contribution is -0.384. The van der Waals surface area contributed by atoms with Crippen LogP contribution in [0.4, 0.5) is 5.69 Å². The van der Waals surface area contributed by atoms with Crippen LogP contribution in [0, 0.1) is 15.5 Å². The van der Waals surface area contributed by atoms with Gasteiger partial charge in [-0.1, -0.05) is 0 Å². The SMILES string of the molecule is CC(C)(C)C(=O)OC1C[C@H](Oc2ccc([N+](=O)[O-])cc2)CN1. The van der Waals surface area contributed by atoms with Gasteiger partial charge in [-0.15, -0.1) is 0 Å². The first kappa shape index (κ1) is 16.2. The number of hydrogen-bond donors (Lipinski definition) is 1. The first-order chi connectivity index (χ1) is 10.3. The van der Waals surface area contributed by atoms with Gasteiger partial charge in [0.15, 0.2) is 6.23 Å². The highest BCUT2D eigenvalue weighted by Crippen LogP contribution is 2.23. The van der Waals surface area contributed by atoms with E-state index in [0.717, 1.165) is 0 Å². The molecule has 0 spiro atoms. The van der Waals surface area contributed by atoms with Crippen LogP contribution >= 0.6 is 0 Å². The molecule has 0 radical (unpaired) electrons. The van der Waals surface area contributed by atoms with Crippen molar-refractivity contribution in [2.75, 3.05) is 6.54 Å². The molecule has 1 aliphatic rings. The van der Waals surface area contributed by atoms with E-state index >= 15 is 0 Å². The third kappa shape index (κ3) is 4.17. The molecule has 1 fully saturated rings. The third-order valence-corrected chi connectivity index (χ3v) is 3.26. The summed E-state index contributed by atoms with van der Waals surface area (Å²) in [5.74, 6) is 0.293. The number of hydrogen-bond acceptors (Lipinski definition) is 6. The van der Waals surface area contributed by atoms with Crippen LogP contribution in [0.5, 0.6) is 5.75 Å². The Labute approximate surface area is 128 Å². The summed E-state index contributed by atoms with van der Waals surface area (Å²) in [6, 6.07) is 5.92. The van der Waals surface area contributed by atoms with Crippen LogP contribution < -0.4 is 10.1 Å². The third-order valence-electron chi connectivity index (χ3n) is 3.26. The minimum absolute atomic E-state index is 0.0221. The van der Waals surface area contributed by atoms with Gasteiger partial charge in [0.05, 0.1) is 10.3 Å². The zero-order valence-electron chi connectivity index (χ0n) is 12.9. The van der Waals surface area contributed by atoms with Gasteiger partial charge >= 0.3 is 5.97 Å². The molecule has 0 saturated carbocycles. The molecule has 0 amide bonds. The van der Waals surface area contributed by atoms with Crippen LogP contribution in [-0.2, 0) is 9.53 Å². The average molecular weight is 308 g/mol. The predicted octanol–water partition coefficient (Wildman–Crippen LogP) is 2.25. The summed E-state index contributed by atoms with van der Waals surface area (Å²) in [7, 11) is 0. The predicted molar refractivity (Wildman–Crippen MR) is 79.5 cm³/mol. The number of nitro benzene ring substituents is 1. The van der Waals surface area contributed by atoms with E-state index in [1.54, 1.807) is 32.9 Å². The number of carbonyl (C=O) groups excluding carboxylic acids is 1. The standard InChI is InChI=1S/C15H20N2O5/c1-15(2,3)14(18)22-13-8-12(9-16-13)21-11-6-4-10(5-7-11)17(19)20/h4-7,12-13,16H,8-9H2,1-3H3/t12-,13?/m0/s1. The lowest BCUT2D eigenvalue weighted by atomic mass is 9.97. The first-order valence-corrected chi connectivity index (χ1v) is 7.11. The molecule has 1 saturated heterocycles. The Kier molecular flexibility index (Phi) is 4.65. The zero-order chi connectivity index (χ0) is 16.3. The molecule has 0 aliphatic carbocycles. The van der Waals surface area contributed by atoms with Gasteiger partial charge in [0, 0.05) is 25.1 Å². The molecule has 1 unspecified atom stereocenters. The van der Waals surface area contributed by atoms with E-state index in [9.17, 15) is 14.9 Å². The van der Waals surface area contributed by atoms with Gasteiger partial charge in [-0.05, 0) is 32.9 Å². The molecule has 2 atom stereocenters. The Morgan fingerprint density at radius 1 is 1.32 bits per heavy atom. The number of nitro groups is 1. The Bertz CT molecular complexity index is 550. The lowest BCUT2D eigenvalue weighted by Crippen LogP contribution is -2.33. The van der Waals surface area contributed by atoms with E-state index in [1.807, 2.05) is 0 Å². The van der Waals surface area contributed by atoms with Crippen molar-refractivity contribution in [1.82, 2.24) is 5.32 Å². The van der Waals surface area contributed by atoms with E-state index in [0.29, 0.717) is 18.7 Å². The fourth-order valence-electron chi connectivity index (χ4n) is 1.99. The molecule has 1 aromatic rings. The Morgan fingerprint density at radius 3 is 2.50 bits per heavy atom. The van der Waals surface area contributed by atoms with E-state index < -0.39 is 10.3 Å². The summed E-state index contributed by atoms with van der Waals surface area (Å²) in [6.07, 6.45) is 0.0349. The number of carbonyl (C=O) groups is 1. The van der Waals surface area contributed by atoms with Crippen LogP contribution in [0.1, 0.15) is 27.2 Å². The average Bonchev–Trinajstić information content (AvgIpc) is 2.85. The molecule has 2 rings (SSSR count). The van der Waals surface area contributed by atoms with Crippen LogP contribution in [0.25, 0.3) is 0 Å². The van der Waals surface area contributed by atoms with Crippen LogP contribution in [-0.4, -0.2) is 29.8 Å². The largest absolute Gasteiger partial charge is 0.489 e. The van der Waals surface area contributed by atoms with Crippen molar-refractivity contribution in [3.63, 3.8) is 0 Å². The summed E-state index contributed by atoms with van der Waals surface area (Å²) in [4.78, 5) is 22.0. The van der Waals surface area contributed by atoms with Crippen molar-refractivity contribution in [3.05, 3.63) is 34.4 Å². The van der Waals surface area contributed by atoms with Gasteiger partial charge < -0.3 is 9.47 Å². The fraction of sp³-hybridized carbons (Fsp3) is 0.533. The normalized spacial score (nSPS) is 21.4. The summed E-state index contributed by atoms with van der Waals surface area (Å²) in [5, 5.41) is 13.7. The molecule has 1 aliphatic heterocycles. The number of esters is 1. The van der Waals surface area contributed by atoms with Crippen LogP contribution in [0.3, 0.4) is 0 Å². The maximum absolute atomic E-state index is 11.8. The smallest absolute Gasteiger partial charge is 0.312 e. The minimum Gasteiger partial charge on any atom is -0.489 e. The van der Waals surface area contributed by atoms with Crippen LogP contribution in [0.15, 0.2) is 24.3 Å². The molecule has 1 heterocycles. The second-order valence-electron chi connectivity index (χ2n) is 6.28. The van der Waals surface area contributed by atoms with Gasteiger partial charge in [0.2, 0.25) is 0 Å². The first-order valence-electron chi connectivity index (χ1n) is 7.11. The molecule has 22 heavy (non-hydrogen) atoms. The van der Waals surface area contributed by atoms with Crippen molar-refractivity contribution in [3.8, 4) is 5.75 Å². The van der Waals surface area contributed by atoms with Gasteiger partial charge in [-0.3, -0.25) is 20.2 Å². The van der Waals surface area contributed by atoms with Gasteiger partial charge in [0.25, 0.3) is 5.69 Å². The molecule has 0 bridgehead atoms. The van der Waals surface area contributed by atoms with Crippen molar-refractivity contribution < 1.29 is 19.2 Å². The molecule has 120 valence electrons. The van der Waals surface area contributed by atoms with E-state index in [-0.39, 0.29) is 24.0 Å². The fourth-order valence-corrected chi connectivity index (χ4v) is 1.99. The highest BCUT2D eigenvalue weighted by molar-refractivity contribution is 5.75. The molecule has 1 N–H and O–H groups in total. The number of rotatable bonds is 4. The van der Waals surface area contributed by atoms with Crippen molar-refractivity contribution in [2.45, 2.75) is 39.5 Å². The van der Waals surface area contributed by atoms with Gasteiger partial charge in [-0.2, -0.15) is 0 Å². The van der Waals surface area contributed by atoms with E-state index in [1.165, 1.54) is 12.1 Å². The Balaban J connectivity index is 1.86. The van der Waals surface area contributed by atoms with Crippen LogP contribution in [0.2, 0.25) is 0 Å². The molecule has 7 nitrogen and oxygen atoms in total. The highest BCUT2D eigenvalue weighted by Gasteiger charge is 2.32. The minimum atomic E-state index is -0.543. The summed E-state index contributed by atoms with van der Waals surface area (Å²) >= 11 is 0. The maximum atomic E-state index is 11.8. The van der Waals surface area contributed by atoms with Crippen molar-refractivity contribution >= 4 is 11.7 Å². The number of non-ortho nitro benzene ring substituents is 1. The quantitative estimate of drug-likeness (QED) is 0.521. The number of benzene rings is 1. The monoisotopic (exact) mass is 308 g/mol. The second kappa shape index (κ2) is 6.31. The number of nitrogens with one attached hydrogen (secondary N) is 1. The number of ether oxygens (including phenoxy) is 2. The Hall–Kier alpha value is -2.15. The van der Waals surface area contributed by atoms with Crippen molar-refractivity contribution in [1.29, 1.82) is 0 Å².